The Kier molecular flexibility index (Phi) is 8.53. The number of thiazole rings is 1. The van der Waals surface area contributed by atoms with Gasteiger partial charge >= 0.3 is 0 Å². The summed E-state index contributed by atoms with van der Waals surface area (Å²) < 4.78 is 29.0. The van der Waals surface area contributed by atoms with Crippen molar-refractivity contribution in [3.8, 4) is 17.0 Å². The molecule has 8 heteroatoms. The third-order valence-electron chi connectivity index (χ3n) is 6.00. The molecule has 190 valence electrons. The van der Waals surface area contributed by atoms with Crippen molar-refractivity contribution in [2.75, 3.05) is 12.4 Å². The molecule has 4 rings (SSSR count). The van der Waals surface area contributed by atoms with E-state index in [-0.39, 0.29) is 10.8 Å². The lowest BCUT2D eigenvalue weighted by molar-refractivity contribution is -0.111. The fraction of sp³-hybridized carbons (Fsp3) is 0.207. The highest BCUT2D eigenvalue weighted by Crippen LogP contribution is 2.27. The van der Waals surface area contributed by atoms with E-state index >= 15 is 0 Å². The molecule has 1 N–H and O–H groups in total. The van der Waals surface area contributed by atoms with Gasteiger partial charge in [-0.15, -0.1) is 11.3 Å². The quantitative estimate of drug-likeness (QED) is 0.291. The standard InChI is InChI=1S/C29H28N2O4S2/c1-19(2)22-7-4-20(5-8-22)16-21-6-9-24(27(17-21)37(33)34)12-15-28(32)31-29-30-26(18-36-29)23-10-13-25(35-3)14-11-23/h4-15,17-19,24H,16H2,1-3H3,(H,30,31,32). The van der Waals surface area contributed by atoms with Crippen molar-refractivity contribution < 1.29 is 17.9 Å². The largest absolute Gasteiger partial charge is 0.497 e. The zero-order valence-electron chi connectivity index (χ0n) is 20.8. The van der Waals surface area contributed by atoms with Crippen molar-refractivity contribution >= 4 is 37.5 Å². The van der Waals surface area contributed by atoms with Crippen LogP contribution < -0.4 is 10.1 Å². The molecular weight excluding hydrogens is 504 g/mol. The van der Waals surface area contributed by atoms with Gasteiger partial charge in [0.05, 0.1) is 17.7 Å². The van der Waals surface area contributed by atoms with Gasteiger partial charge in [-0.3, -0.25) is 10.1 Å². The van der Waals surface area contributed by atoms with Crippen LogP contribution >= 0.6 is 11.3 Å². The Bertz CT molecular complexity index is 1490. The summed E-state index contributed by atoms with van der Waals surface area (Å²) >= 11 is 1.32. The topological polar surface area (TPSA) is 85.4 Å². The average Bonchev–Trinajstić information content (AvgIpc) is 3.36. The number of allylic oxidation sites excluding steroid dienone is 5. The number of nitrogens with zero attached hydrogens (tertiary/aromatic N) is 1. The highest BCUT2D eigenvalue weighted by Gasteiger charge is 2.16. The summed E-state index contributed by atoms with van der Waals surface area (Å²) in [6.07, 6.45) is 8.97. The van der Waals surface area contributed by atoms with Crippen LogP contribution in [0.2, 0.25) is 0 Å². The first-order valence-corrected chi connectivity index (χ1v) is 13.8. The maximum atomic E-state index is 12.5. The molecule has 0 saturated heterocycles. The van der Waals surface area contributed by atoms with Crippen LogP contribution in [0.1, 0.15) is 30.9 Å². The lowest BCUT2D eigenvalue weighted by Gasteiger charge is -2.14. The van der Waals surface area contributed by atoms with Crippen molar-refractivity contribution in [1.29, 1.82) is 0 Å². The Hall–Kier alpha value is -3.75. The van der Waals surface area contributed by atoms with Crippen molar-refractivity contribution in [2.45, 2.75) is 26.2 Å². The molecular formula is C29H28N2O4S2. The van der Waals surface area contributed by atoms with Gasteiger partial charge in [-0.05, 0) is 59.4 Å². The zero-order valence-corrected chi connectivity index (χ0v) is 22.5. The summed E-state index contributed by atoms with van der Waals surface area (Å²) in [7, 11) is -0.796. The van der Waals surface area contributed by atoms with Gasteiger partial charge in [0.2, 0.25) is 16.2 Å². The Labute approximate surface area is 222 Å². The van der Waals surface area contributed by atoms with E-state index in [2.05, 4.69) is 48.4 Å². The third-order valence-corrected chi connectivity index (χ3v) is 7.53. The summed E-state index contributed by atoms with van der Waals surface area (Å²) in [4.78, 5) is 17.2. The van der Waals surface area contributed by atoms with Crippen molar-refractivity contribution in [2.24, 2.45) is 5.92 Å². The second kappa shape index (κ2) is 12.0. The number of carbonyl (C=O) groups excluding carboxylic acids is 1. The number of hydrogen-bond donors (Lipinski definition) is 1. The van der Waals surface area contributed by atoms with Gasteiger partial charge in [0.15, 0.2) is 5.13 Å². The number of amides is 1. The molecule has 1 heterocycles. The molecule has 1 atom stereocenters. The van der Waals surface area contributed by atoms with E-state index in [1.54, 1.807) is 25.3 Å². The Morgan fingerprint density at radius 1 is 1.14 bits per heavy atom. The molecule has 0 aliphatic heterocycles. The summed E-state index contributed by atoms with van der Waals surface area (Å²) in [5.41, 5.74) is 4.94. The van der Waals surface area contributed by atoms with Crippen LogP contribution in [-0.2, 0) is 21.5 Å². The Balaban J connectivity index is 1.39. The number of benzene rings is 2. The first kappa shape index (κ1) is 26.3. The monoisotopic (exact) mass is 532 g/mol. The van der Waals surface area contributed by atoms with E-state index in [0.717, 1.165) is 28.1 Å². The number of rotatable bonds is 8. The SMILES string of the molecule is COc1ccc(-c2csc(NC(=O)C=CC3C=CC(Cc4ccc(C(C)C)cc4)=CC3=S(=O)=O)n2)cc1. The molecule has 0 spiro atoms. The highest BCUT2D eigenvalue weighted by molar-refractivity contribution is 7.73. The fourth-order valence-corrected chi connectivity index (χ4v) is 5.25. The molecule has 1 aliphatic rings. The fourth-order valence-electron chi connectivity index (χ4n) is 3.90. The summed E-state index contributed by atoms with van der Waals surface area (Å²) in [6.45, 7) is 4.30. The van der Waals surface area contributed by atoms with E-state index < -0.39 is 16.2 Å². The maximum Gasteiger partial charge on any atom is 0.249 e. The second-order valence-corrected chi connectivity index (χ2v) is 10.7. The maximum absolute atomic E-state index is 12.5. The summed E-state index contributed by atoms with van der Waals surface area (Å²) in [5, 5.41) is 5.07. The van der Waals surface area contributed by atoms with Crippen LogP contribution in [0.5, 0.6) is 5.75 Å². The molecule has 1 aliphatic carbocycles. The number of carbonyl (C=O) groups is 1. The minimum absolute atomic E-state index is 0.233. The minimum atomic E-state index is -2.41. The molecule has 2 aromatic carbocycles. The predicted molar refractivity (Wildman–Crippen MR) is 151 cm³/mol. The smallest absolute Gasteiger partial charge is 0.249 e. The first-order valence-electron chi connectivity index (χ1n) is 11.8. The molecule has 3 aromatic rings. The van der Waals surface area contributed by atoms with Gasteiger partial charge in [-0.1, -0.05) is 56.3 Å². The highest BCUT2D eigenvalue weighted by atomic mass is 32.2. The van der Waals surface area contributed by atoms with E-state index in [1.807, 2.05) is 35.7 Å². The number of aromatic nitrogens is 1. The normalized spacial score (nSPS) is 15.2. The second-order valence-electron chi connectivity index (χ2n) is 8.93. The van der Waals surface area contributed by atoms with Crippen molar-refractivity contribution in [3.05, 3.63) is 101 Å². The molecule has 0 fully saturated rings. The van der Waals surface area contributed by atoms with Gasteiger partial charge in [-0.2, -0.15) is 8.42 Å². The van der Waals surface area contributed by atoms with Crippen LogP contribution in [0.4, 0.5) is 5.13 Å². The van der Waals surface area contributed by atoms with Gasteiger partial charge in [0, 0.05) is 22.9 Å². The molecule has 1 aromatic heterocycles. The van der Waals surface area contributed by atoms with Crippen molar-refractivity contribution in [1.82, 2.24) is 4.98 Å². The molecule has 1 unspecified atom stereocenters. The summed E-state index contributed by atoms with van der Waals surface area (Å²) in [6, 6.07) is 15.9. The lowest BCUT2D eigenvalue weighted by Crippen LogP contribution is -2.15. The summed E-state index contributed by atoms with van der Waals surface area (Å²) in [5.74, 6) is 0.329. The van der Waals surface area contributed by atoms with Crippen LogP contribution in [0.3, 0.4) is 0 Å². The van der Waals surface area contributed by atoms with Gasteiger partial charge in [0.25, 0.3) is 0 Å². The Morgan fingerprint density at radius 2 is 1.86 bits per heavy atom. The lowest BCUT2D eigenvalue weighted by atomic mass is 9.92. The number of methoxy groups -OCH3 is 1. The molecule has 37 heavy (non-hydrogen) atoms. The predicted octanol–water partition coefficient (Wildman–Crippen LogP) is 5.84. The third kappa shape index (κ3) is 6.93. The number of nitrogens with one attached hydrogen (secondary N) is 1. The average molecular weight is 533 g/mol. The molecule has 1 amide bonds. The van der Waals surface area contributed by atoms with Gasteiger partial charge in [-0.25, -0.2) is 4.98 Å². The van der Waals surface area contributed by atoms with Crippen LogP contribution in [0.25, 0.3) is 11.3 Å². The zero-order chi connectivity index (χ0) is 26.4. The number of ether oxygens (including phenoxy) is 1. The van der Waals surface area contributed by atoms with Gasteiger partial charge in [0.1, 0.15) is 5.75 Å². The van der Waals surface area contributed by atoms with Crippen LogP contribution in [-0.4, -0.2) is 31.3 Å². The van der Waals surface area contributed by atoms with Crippen molar-refractivity contribution in [3.63, 3.8) is 0 Å². The van der Waals surface area contributed by atoms with Gasteiger partial charge < -0.3 is 4.74 Å². The molecule has 0 bridgehead atoms. The van der Waals surface area contributed by atoms with Crippen LogP contribution in [0.15, 0.2) is 89.9 Å². The molecule has 0 saturated carbocycles. The van der Waals surface area contributed by atoms with E-state index in [9.17, 15) is 13.2 Å². The van der Waals surface area contributed by atoms with E-state index in [0.29, 0.717) is 17.5 Å². The van der Waals surface area contributed by atoms with E-state index in [1.165, 1.54) is 23.0 Å². The van der Waals surface area contributed by atoms with E-state index in [4.69, 9.17) is 4.74 Å². The van der Waals surface area contributed by atoms with Crippen LogP contribution in [0, 0.1) is 5.92 Å². The first-order chi connectivity index (χ1) is 17.8. The Morgan fingerprint density at radius 3 is 2.51 bits per heavy atom. The minimum Gasteiger partial charge on any atom is -0.497 e. The molecule has 6 nitrogen and oxygen atoms in total. The number of hydrogen-bond acceptors (Lipinski definition) is 6. The number of anilines is 1. The molecule has 0 radical (unpaired) electrons.